The average Bonchev–Trinajstić information content (AvgIpc) is 2.92. The maximum atomic E-state index is 12.8. The van der Waals surface area contributed by atoms with E-state index >= 15 is 0 Å². The number of ether oxygens (including phenoxy) is 1. The van der Waals surface area contributed by atoms with Gasteiger partial charge in [0.15, 0.2) is 12.4 Å². The van der Waals surface area contributed by atoms with Crippen molar-refractivity contribution in [1.82, 2.24) is 19.9 Å². The Kier molecular flexibility index (Phi) is 7.40. The summed E-state index contributed by atoms with van der Waals surface area (Å²) in [7, 11) is 0. The number of hydrogen-bond donors (Lipinski definition) is 1. The van der Waals surface area contributed by atoms with Gasteiger partial charge in [-0.25, -0.2) is 9.97 Å². The van der Waals surface area contributed by atoms with Crippen molar-refractivity contribution in [2.24, 2.45) is 5.92 Å². The number of aryl methyl sites for hydroxylation is 1. The minimum absolute atomic E-state index is 0.0212. The summed E-state index contributed by atoms with van der Waals surface area (Å²) in [5.74, 6) is 2.20. The second kappa shape index (κ2) is 11.0. The van der Waals surface area contributed by atoms with Crippen LogP contribution in [0.15, 0.2) is 60.7 Å². The summed E-state index contributed by atoms with van der Waals surface area (Å²) in [6, 6.07) is 20.2. The number of benzene rings is 2. The fourth-order valence-electron chi connectivity index (χ4n) is 4.72. The minimum Gasteiger partial charge on any atom is -0.484 e. The summed E-state index contributed by atoms with van der Waals surface area (Å²) in [5, 5.41) is 0. The second-order valence-corrected chi connectivity index (χ2v) is 10.2. The maximum absolute atomic E-state index is 12.8. The van der Waals surface area contributed by atoms with Gasteiger partial charge in [-0.1, -0.05) is 55.8 Å². The topological polar surface area (TPSA) is 97.5 Å². The van der Waals surface area contributed by atoms with Gasteiger partial charge in [0.2, 0.25) is 5.95 Å². The number of rotatable bonds is 7. The number of carbonyl (C=O) groups is 1. The van der Waals surface area contributed by atoms with Crippen molar-refractivity contribution in [1.29, 1.82) is 0 Å². The van der Waals surface area contributed by atoms with Crippen molar-refractivity contribution in [2.75, 3.05) is 43.4 Å². The van der Waals surface area contributed by atoms with E-state index in [1.807, 2.05) is 48.2 Å². The first-order chi connectivity index (χ1) is 18.4. The lowest BCUT2D eigenvalue weighted by Gasteiger charge is -2.35. The molecule has 0 unspecified atom stereocenters. The molecule has 2 aromatic carbocycles. The van der Waals surface area contributed by atoms with Gasteiger partial charge in [0.05, 0.1) is 11.2 Å². The highest BCUT2D eigenvalue weighted by atomic mass is 16.5. The van der Waals surface area contributed by atoms with Crippen molar-refractivity contribution in [3.63, 3.8) is 0 Å². The summed E-state index contributed by atoms with van der Waals surface area (Å²) < 4.78 is 5.69. The molecule has 0 bridgehead atoms. The van der Waals surface area contributed by atoms with Gasteiger partial charge in [-0.15, -0.1) is 0 Å². The minimum atomic E-state index is -0.0291. The van der Waals surface area contributed by atoms with Gasteiger partial charge in [0.25, 0.3) is 5.91 Å². The van der Waals surface area contributed by atoms with Crippen LogP contribution in [-0.2, 0) is 11.2 Å². The van der Waals surface area contributed by atoms with Gasteiger partial charge in [-0.05, 0) is 49.1 Å². The SMILES string of the molecule is Cc1ccc(OCC(=O)N2CCN(c3nc(N)nc4ccc(-c5ccc(CC(C)C)cc5)nc34)CC2)cc1. The molecule has 2 N–H and O–H groups in total. The first-order valence-electron chi connectivity index (χ1n) is 13.1. The quantitative estimate of drug-likeness (QED) is 0.391. The Morgan fingerprint density at radius 1 is 0.921 bits per heavy atom. The molecule has 4 aromatic rings. The van der Waals surface area contributed by atoms with Crippen LogP contribution in [0.2, 0.25) is 0 Å². The van der Waals surface area contributed by atoms with Crippen LogP contribution in [0.3, 0.4) is 0 Å². The Morgan fingerprint density at radius 2 is 1.63 bits per heavy atom. The molecule has 0 atom stereocenters. The molecule has 0 aliphatic carbocycles. The van der Waals surface area contributed by atoms with Crippen molar-refractivity contribution in [3.05, 3.63) is 71.8 Å². The van der Waals surface area contributed by atoms with Gasteiger partial charge in [0, 0.05) is 31.7 Å². The van der Waals surface area contributed by atoms with E-state index in [4.69, 9.17) is 15.5 Å². The molecule has 0 spiro atoms. The molecule has 1 aliphatic rings. The number of nitrogen functional groups attached to an aromatic ring is 1. The molecule has 2 aromatic heterocycles. The summed E-state index contributed by atoms with van der Waals surface area (Å²) in [5.41, 5.74) is 11.9. The monoisotopic (exact) mass is 510 g/mol. The number of pyridine rings is 1. The van der Waals surface area contributed by atoms with Crippen LogP contribution in [0.4, 0.5) is 11.8 Å². The number of carbonyl (C=O) groups excluding carboxylic acids is 1. The van der Waals surface area contributed by atoms with Crippen molar-refractivity contribution >= 4 is 28.7 Å². The standard InChI is InChI=1S/C30H34N6O2/c1-20(2)18-22-6-8-23(9-7-22)25-12-13-26-28(32-25)29(34-30(31)33-26)36-16-14-35(15-17-36)27(37)19-38-24-10-4-21(3)5-11-24/h4-13,20H,14-19H2,1-3H3,(H2,31,33,34). The summed E-state index contributed by atoms with van der Waals surface area (Å²) in [4.78, 5) is 30.6. The van der Waals surface area contributed by atoms with Crippen LogP contribution in [-0.4, -0.2) is 58.5 Å². The smallest absolute Gasteiger partial charge is 0.260 e. The molecule has 196 valence electrons. The molecule has 1 amide bonds. The number of nitrogens with two attached hydrogens (primary N) is 1. The number of amides is 1. The number of anilines is 2. The average molecular weight is 511 g/mol. The van der Waals surface area contributed by atoms with E-state index in [-0.39, 0.29) is 18.5 Å². The van der Waals surface area contributed by atoms with Crippen LogP contribution in [0.1, 0.15) is 25.0 Å². The zero-order valence-corrected chi connectivity index (χ0v) is 22.2. The molecule has 38 heavy (non-hydrogen) atoms. The van der Waals surface area contributed by atoms with Crippen LogP contribution in [0.5, 0.6) is 5.75 Å². The van der Waals surface area contributed by atoms with Crippen molar-refractivity contribution in [2.45, 2.75) is 27.2 Å². The fourth-order valence-corrected chi connectivity index (χ4v) is 4.72. The summed E-state index contributed by atoms with van der Waals surface area (Å²) >= 11 is 0. The molecule has 1 fully saturated rings. The van der Waals surface area contributed by atoms with Crippen LogP contribution in [0, 0.1) is 12.8 Å². The third-order valence-electron chi connectivity index (χ3n) is 6.75. The zero-order valence-electron chi connectivity index (χ0n) is 22.2. The Morgan fingerprint density at radius 3 is 2.32 bits per heavy atom. The first kappa shape index (κ1) is 25.4. The van der Waals surface area contributed by atoms with E-state index in [0.29, 0.717) is 54.7 Å². The van der Waals surface area contributed by atoms with Crippen LogP contribution < -0.4 is 15.4 Å². The highest BCUT2D eigenvalue weighted by Crippen LogP contribution is 2.28. The van der Waals surface area contributed by atoms with Gasteiger partial charge >= 0.3 is 0 Å². The van der Waals surface area contributed by atoms with E-state index in [0.717, 1.165) is 23.2 Å². The normalized spacial score (nSPS) is 13.8. The predicted molar refractivity (Wildman–Crippen MR) is 151 cm³/mol. The molecular formula is C30H34N6O2. The fraction of sp³-hybridized carbons (Fsp3) is 0.333. The number of fused-ring (bicyclic) bond motifs is 1. The molecule has 0 saturated carbocycles. The molecule has 0 radical (unpaired) electrons. The second-order valence-electron chi connectivity index (χ2n) is 10.2. The molecule has 1 aliphatic heterocycles. The van der Waals surface area contributed by atoms with E-state index in [9.17, 15) is 4.79 Å². The lowest BCUT2D eigenvalue weighted by Crippen LogP contribution is -2.50. The number of aromatic nitrogens is 3. The Hall–Kier alpha value is -4.20. The number of hydrogen-bond acceptors (Lipinski definition) is 7. The van der Waals surface area contributed by atoms with Gasteiger partial charge in [0.1, 0.15) is 11.3 Å². The van der Waals surface area contributed by atoms with Gasteiger partial charge in [-0.3, -0.25) is 4.79 Å². The van der Waals surface area contributed by atoms with E-state index in [1.165, 1.54) is 5.56 Å². The largest absolute Gasteiger partial charge is 0.484 e. The van der Waals surface area contributed by atoms with Crippen LogP contribution >= 0.6 is 0 Å². The maximum Gasteiger partial charge on any atom is 0.260 e. The third kappa shape index (κ3) is 5.85. The van der Waals surface area contributed by atoms with Crippen LogP contribution in [0.25, 0.3) is 22.3 Å². The van der Waals surface area contributed by atoms with E-state index < -0.39 is 0 Å². The Labute approximate surface area is 223 Å². The lowest BCUT2D eigenvalue weighted by atomic mass is 10.0. The number of piperazine rings is 1. The predicted octanol–water partition coefficient (Wildman–Crippen LogP) is 4.51. The molecule has 5 rings (SSSR count). The molecule has 8 nitrogen and oxygen atoms in total. The molecule has 1 saturated heterocycles. The first-order valence-corrected chi connectivity index (χ1v) is 13.1. The van der Waals surface area contributed by atoms with Gasteiger partial charge < -0.3 is 20.3 Å². The lowest BCUT2D eigenvalue weighted by molar-refractivity contribution is -0.133. The molecule has 8 heteroatoms. The van der Waals surface area contributed by atoms with Crippen molar-refractivity contribution in [3.8, 4) is 17.0 Å². The molecular weight excluding hydrogens is 476 g/mol. The molecule has 3 heterocycles. The Balaban J connectivity index is 1.29. The Bertz CT molecular complexity index is 1410. The van der Waals surface area contributed by atoms with E-state index in [2.05, 4.69) is 53.0 Å². The van der Waals surface area contributed by atoms with Crippen molar-refractivity contribution < 1.29 is 9.53 Å². The summed E-state index contributed by atoms with van der Waals surface area (Å²) in [6.45, 7) is 8.87. The third-order valence-corrected chi connectivity index (χ3v) is 6.75. The highest BCUT2D eigenvalue weighted by molar-refractivity contribution is 5.89. The van der Waals surface area contributed by atoms with E-state index in [1.54, 1.807) is 0 Å². The summed E-state index contributed by atoms with van der Waals surface area (Å²) in [6.07, 6.45) is 1.05. The zero-order chi connectivity index (χ0) is 26.6. The highest BCUT2D eigenvalue weighted by Gasteiger charge is 2.24. The van der Waals surface area contributed by atoms with Gasteiger partial charge in [-0.2, -0.15) is 4.98 Å². The number of nitrogens with zero attached hydrogens (tertiary/aromatic N) is 5.